The quantitative estimate of drug-likeness (QED) is 0.721. The van der Waals surface area contributed by atoms with Gasteiger partial charge in [0.2, 0.25) is 0 Å². The molecule has 2 rings (SSSR count). The van der Waals surface area contributed by atoms with E-state index in [9.17, 15) is 19.8 Å². The Morgan fingerprint density at radius 1 is 1.14 bits per heavy atom. The highest BCUT2D eigenvalue weighted by Gasteiger charge is 2.37. The molecule has 1 aromatic rings. The SMILES string of the molecule is CC1=C(C(=O)O)C(c2cccc(Br)n2)C(C(=O)O)=C(C)N1. The third-order valence-electron chi connectivity index (χ3n) is 3.25. The smallest absolute Gasteiger partial charge is 0.334 e. The highest BCUT2D eigenvalue weighted by Crippen LogP contribution is 2.37. The lowest BCUT2D eigenvalue weighted by Crippen LogP contribution is -2.31. The van der Waals surface area contributed by atoms with E-state index >= 15 is 0 Å². The fourth-order valence-corrected chi connectivity index (χ4v) is 2.80. The minimum atomic E-state index is -1.17. The average molecular weight is 353 g/mol. The van der Waals surface area contributed by atoms with Crippen molar-refractivity contribution < 1.29 is 19.8 Å². The Labute approximate surface area is 129 Å². The summed E-state index contributed by atoms with van der Waals surface area (Å²) < 4.78 is 0.517. The number of hydrogen-bond donors (Lipinski definition) is 3. The molecule has 7 heteroatoms. The third-order valence-corrected chi connectivity index (χ3v) is 3.70. The summed E-state index contributed by atoms with van der Waals surface area (Å²) in [6, 6.07) is 5.00. The van der Waals surface area contributed by atoms with E-state index in [0.717, 1.165) is 0 Å². The molecule has 1 aliphatic heterocycles. The first-order chi connectivity index (χ1) is 9.82. The van der Waals surface area contributed by atoms with Crippen molar-refractivity contribution in [3.63, 3.8) is 0 Å². The minimum absolute atomic E-state index is 0.0106. The largest absolute Gasteiger partial charge is 0.478 e. The minimum Gasteiger partial charge on any atom is -0.478 e. The second-order valence-corrected chi connectivity index (χ2v) is 5.44. The summed E-state index contributed by atoms with van der Waals surface area (Å²) in [7, 11) is 0. The molecule has 0 spiro atoms. The average Bonchev–Trinajstić information content (AvgIpc) is 2.36. The summed E-state index contributed by atoms with van der Waals surface area (Å²) in [4.78, 5) is 27.3. The van der Waals surface area contributed by atoms with Crippen LogP contribution in [0.25, 0.3) is 0 Å². The second-order valence-electron chi connectivity index (χ2n) is 4.63. The molecule has 21 heavy (non-hydrogen) atoms. The maximum Gasteiger partial charge on any atom is 0.334 e. The fraction of sp³-hybridized carbons (Fsp3) is 0.214. The number of hydrogen-bond acceptors (Lipinski definition) is 4. The molecular formula is C14H13BrN2O4. The van der Waals surface area contributed by atoms with Crippen LogP contribution in [0.4, 0.5) is 0 Å². The van der Waals surface area contributed by atoms with Gasteiger partial charge in [0.05, 0.1) is 22.8 Å². The van der Waals surface area contributed by atoms with Gasteiger partial charge in [-0.05, 0) is 41.9 Å². The molecule has 6 nitrogen and oxygen atoms in total. The van der Waals surface area contributed by atoms with E-state index in [-0.39, 0.29) is 11.1 Å². The van der Waals surface area contributed by atoms with Crippen molar-refractivity contribution in [2.45, 2.75) is 19.8 Å². The van der Waals surface area contributed by atoms with Crippen LogP contribution in [0.15, 0.2) is 45.3 Å². The van der Waals surface area contributed by atoms with Crippen LogP contribution in [-0.2, 0) is 9.59 Å². The maximum absolute atomic E-state index is 11.6. The molecule has 0 saturated carbocycles. The van der Waals surface area contributed by atoms with Crippen molar-refractivity contribution in [2.24, 2.45) is 0 Å². The zero-order chi connectivity index (χ0) is 15.7. The van der Waals surface area contributed by atoms with Gasteiger partial charge in [0.25, 0.3) is 0 Å². The molecule has 0 atom stereocenters. The van der Waals surface area contributed by atoms with E-state index in [4.69, 9.17) is 0 Å². The van der Waals surface area contributed by atoms with Crippen LogP contribution in [-0.4, -0.2) is 27.1 Å². The first-order valence-corrected chi connectivity index (χ1v) is 6.89. The molecule has 0 aliphatic carbocycles. The van der Waals surface area contributed by atoms with Crippen molar-refractivity contribution >= 4 is 27.9 Å². The number of aromatic nitrogens is 1. The standard InChI is InChI=1S/C14H13BrN2O4/c1-6-10(13(18)19)12(8-4-3-5-9(15)17-8)11(14(20)21)7(2)16-6/h3-5,12,16H,1-2H3,(H,18,19)(H,20,21). The monoisotopic (exact) mass is 352 g/mol. The van der Waals surface area contributed by atoms with Crippen molar-refractivity contribution in [1.29, 1.82) is 0 Å². The van der Waals surface area contributed by atoms with Crippen LogP contribution in [0.3, 0.4) is 0 Å². The van der Waals surface area contributed by atoms with Gasteiger partial charge in [0, 0.05) is 11.4 Å². The number of rotatable bonds is 3. The number of carboxylic acids is 2. The normalized spacial score (nSPS) is 16.0. The Morgan fingerprint density at radius 3 is 2.10 bits per heavy atom. The molecule has 0 bridgehead atoms. The van der Waals surface area contributed by atoms with Crippen molar-refractivity contribution in [1.82, 2.24) is 10.3 Å². The van der Waals surface area contributed by atoms with Gasteiger partial charge < -0.3 is 15.5 Å². The van der Waals surface area contributed by atoms with Crippen molar-refractivity contribution in [2.75, 3.05) is 0 Å². The van der Waals surface area contributed by atoms with E-state index in [1.165, 1.54) is 0 Å². The van der Waals surface area contributed by atoms with Crippen LogP contribution in [0.5, 0.6) is 0 Å². The number of dihydropyridines is 1. The summed E-state index contributed by atoms with van der Waals surface area (Å²) in [6.07, 6.45) is 0. The molecule has 1 aromatic heterocycles. The lowest BCUT2D eigenvalue weighted by molar-refractivity contribution is -0.133. The Hall–Kier alpha value is -2.15. The Bertz CT molecular complexity index is 658. The Morgan fingerprint density at radius 2 is 1.67 bits per heavy atom. The Balaban J connectivity index is 2.70. The topological polar surface area (TPSA) is 99.5 Å². The van der Waals surface area contributed by atoms with Gasteiger partial charge in [-0.3, -0.25) is 0 Å². The van der Waals surface area contributed by atoms with Crippen LogP contribution in [0.1, 0.15) is 25.5 Å². The maximum atomic E-state index is 11.6. The van der Waals surface area contributed by atoms with Gasteiger partial charge in [-0.2, -0.15) is 0 Å². The highest BCUT2D eigenvalue weighted by molar-refractivity contribution is 9.10. The van der Waals surface area contributed by atoms with E-state index in [1.807, 2.05) is 0 Å². The van der Waals surface area contributed by atoms with E-state index in [0.29, 0.717) is 21.7 Å². The predicted molar refractivity (Wildman–Crippen MR) is 78.5 cm³/mol. The number of pyridine rings is 1. The number of allylic oxidation sites excluding steroid dienone is 2. The zero-order valence-corrected chi connectivity index (χ0v) is 12.9. The summed E-state index contributed by atoms with van der Waals surface area (Å²) in [5, 5.41) is 21.7. The summed E-state index contributed by atoms with van der Waals surface area (Å²) in [5.41, 5.74) is 1.18. The number of halogens is 1. The van der Waals surface area contributed by atoms with Gasteiger partial charge >= 0.3 is 11.9 Å². The van der Waals surface area contributed by atoms with Gasteiger partial charge in [-0.15, -0.1) is 0 Å². The first-order valence-electron chi connectivity index (χ1n) is 6.10. The van der Waals surface area contributed by atoms with Crippen LogP contribution < -0.4 is 5.32 Å². The summed E-state index contributed by atoms with van der Waals surface area (Å²) >= 11 is 3.22. The molecule has 1 aliphatic rings. The van der Waals surface area contributed by atoms with E-state index in [2.05, 4.69) is 26.2 Å². The van der Waals surface area contributed by atoms with Gasteiger partial charge in [-0.1, -0.05) is 6.07 Å². The van der Waals surface area contributed by atoms with Crippen molar-refractivity contribution in [3.05, 3.63) is 51.0 Å². The second kappa shape index (κ2) is 5.69. The van der Waals surface area contributed by atoms with Crippen LogP contribution in [0.2, 0.25) is 0 Å². The molecule has 0 fully saturated rings. The molecule has 0 unspecified atom stereocenters. The molecule has 2 heterocycles. The molecule has 0 aromatic carbocycles. The van der Waals surface area contributed by atoms with Crippen LogP contribution >= 0.6 is 15.9 Å². The molecule has 0 radical (unpaired) electrons. The third kappa shape index (κ3) is 2.82. The zero-order valence-electron chi connectivity index (χ0n) is 11.3. The number of carboxylic acid groups (broad SMARTS) is 2. The van der Waals surface area contributed by atoms with Gasteiger partial charge in [0.1, 0.15) is 4.60 Å². The van der Waals surface area contributed by atoms with Gasteiger partial charge in [0.15, 0.2) is 0 Å². The van der Waals surface area contributed by atoms with E-state index < -0.39 is 17.9 Å². The molecule has 0 saturated heterocycles. The molecule has 110 valence electrons. The molecule has 0 amide bonds. The number of nitrogens with one attached hydrogen (secondary N) is 1. The predicted octanol–water partition coefficient (Wildman–Crippen LogP) is 2.25. The lowest BCUT2D eigenvalue weighted by atomic mass is 9.83. The number of carbonyl (C=O) groups is 2. The Kier molecular flexibility index (Phi) is 4.13. The summed E-state index contributed by atoms with van der Waals surface area (Å²) in [5.74, 6) is -3.25. The lowest BCUT2D eigenvalue weighted by Gasteiger charge is -2.28. The van der Waals surface area contributed by atoms with Crippen molar-refractivity contribution in [3.8, 4) is 0 Å². The van der Waals surface area contributed by atoms with Crippen LogP contribution in [0, 0.1) is 0 Å². The highest BCUT2D eigenvalue weighted by atomic mass is 79.9. The fourth-order valence-electron chi connectivity index (χ4n) is 2.44. The van der Waals surface area contributed by atoms with Gasteiger partial charge in [-0.25, -0.2) is 14.6 Å². The molecular weight excluding hydrogens is 340 g/mol. The number of aliphatic carboxylic acids is 2. The first kappa shape index (κ1) is 15.2. The van der Waals surface area contributed by atoms with E-state index in [1.54, 1.807) is 32.0 Å². The number of nitrogens with zero attached hydrogens (tertiary/aromatic N) is 1. The summed E-state index contributed by atoms with van der Waals surface area (Å²) in [6.45, 7) is 3.22. The molecule has 3 N–H and O–H groups in total.